The van der Waals surface area contributed by atoms with Crippen LogP contribution in [0.15, 0.2) is 12.7 Å². The van der Waals surface area contributed by atoms with Gasteiger partial charge in [0.2, 0.25) is 0 Å². The molecule has 0 bridgehead atoms. The third-order valence-electron chi connectivity index (χ3n) is 1.87. The number of hydrogen-bond acceptors (Lipinski definition) is 2. The smallest absolute Gasteiger partial charge is 0.0805 e. The number of aliphatic hydroxyl groups is 2. The van der Waals surface area contributed by atoms with Crippen molar-refractivity contribution in [1.29, 1.82) is 0 Å². The van der Waals surface area contributed by atoms with E-state index in [1.165, 1.54) is 0 Å². The molecule has 1 aliphatic rings. The fourth-order valence-corrected chi connectivity index (χ4v) is 1.22. The van der Waals surface area contributed by atoms with Gasteiger partial charge in [0, 0.05) is 0 Å². The molecule has 1 aliphatic carbocycles. The van der Waals surface area contributed by atoms with Crippen LogP contribution in [0, 0.1) is 5.92 Å². The molecule has 0 amide bonds. The van der Waals surface area contributed by atoms with Gasteiger partial charge in [0.05, 0.1) is 12.2 Å². The summed E-state index contributed by atoms with van der Waals surface area (Å²) in [6, 6.07) is 0. The maximum absolute atomic E-state index is 9.00. The van der Waals surface area contributed by atoms with Crippen molar-refractivity contribution in [2.75, 3.05) is 0 Å². The summed E-state index contributed by atoms with van der Waals surface area (Å²) >= 11 is 0. The first-order chi connectivity index (χ1) is 4.24. The largest absolute Gasteiger partial charge is 0.390 e. The van der Waals surface area contributed by atoms with E-state index in [1.54, 1.807) is 6.08 Å². The van der Waals surface area contributed by atoms with Gasteiger partial charge in [0.25, 0.3) is 0 Å². The van der Waals surface area contributed by atoms with E-state index in [9.17, 15) is 0 Å². The van der Waals surface area contributed by atoms with Gasteiger partial charge in [-0.3, -0.25) is 0 Å². The second kappa shape index (κ2) is 2.50. The van der Waals surface area contributed by atoms with Crippen molar-refractivity contribution in [3.8, 4) is 0 Å². The number of aliphatic hydroxyl groups excluding tert-OH is 2. The fraction of sp³-hybridized carbons (Fsp3) is 0.714. The predicted molar refractivity (Wildman–Crippen MR) is 34.9 cm³/mol. The maximum Gasteiger partial charge on any atom is 0.0805 e. The molecule has 52 valence electrons. The maximum atomic E-state index is 9.00. The minimum absolute atomic E-state index is 0.315. The average Bonchev–Trinajstić information content (AvgIpc) is 2.13. The molecular weight excluding hydrogens is 116 g/mol. The molecule has 2 N–H and O–H groups in total. The summed E-state index contributed by atoms with van der Waals surface area (Å²) in [4.78, 5) is 0. The Morgan fingerprint density at radius 1 is 1.22 bits per heavy atom. The fourth-order valence-electron chi connectivity index (χ4n) is 1.22. The van der Waals surface area contributed by atoms with Gasteiger partial charge in [-0.05, 0) is 18.8 Å². The Balaban J connectivity index is 2.43. The molecule has 0 heterocycles. The Bertz CT molecular complexity index is 101. The van der Waals surface area contributed by atoms with Crippen LogP contribution in [0.2, 0.25) is 0 Å². The van der Waals surface area contributed by atoms with Crippen LogP contribution >= 0.6 is 0 Å². The Morgan fingerprint density at radius 2 is 1.67 bits per heavy atom. The summed E-state index contributed by atoms with van der Waals surface area (Å²) in [7, 11) is 0. The highest BCUT2D eigenvalue weighted by Crippen LogP contribution is 2.26. The monoisotopic (exact) mass is 128 g/mol. The molecule has 2 unspecified atom stereocenters. The molecule has 2 atom stereocenters. The average molecular weight is 128 g/mol. The zero-order chi connectivity index (χ0) is 6.85. The summed E-state index contributed by atoms with van der Waals surface area (Å²) in [5.74, 6) is 0.315. The van der Waals surface area contributed by atoms with Crippen LogP contribution < -0.4 is 0 Å². The van der Waals surface area contributed by atoms with Crippen molar-refractivity contribution in [3.63, 3.8) is 0 Å². The summed E-state index contributed by atoms with van der Waals surface area (Å²) in [6.45, 7) is 3.59. The van der Waals surface area contributed by atoms with E-state index in [-0.39, 0.29) is 0 Å². The van der Waals surface area contributed by atoms with Crippen LogP contribution in [0.4, 0.5) is 0 Å². The molecule has 0 spiro atoms. The van der Waals surface area contributed by atoms with Crippen LogP contribution in [-0.2, 0) is 0 Å². The third-order valence-corrected chi connectivity index (χ3v) is 1.87. The number of rotatable bonds is 1. The van der Waals surface area contributed by atoms with E-state index < -0.39 is 12.2 Å². The second-order valence-electron chi connectivity index (χ2n) is 2.60. The van der Waals surface area contributed by atoms with Crippen LogP contribution in [0.1, 0.15) is 12.8 Å². The molecular formula is C7H12O2. The van der Waals surface area contributed by atoms with Crippen molar-refractivity contribution in [1.82, 2.24) is 0 Å². The van der Waals surface area contributed by atoms with E-state index in [0.29, 0.717) is 18.8 Å². The lowest BCUT2D eigenvalue weighted by molar-refractivity contribution is 0.0438. The normalized spacial score (nSPS) is 43.1. The molecule has 9 heavy (non-hydrogen) atoms. The van der Waals surface area contributed by atoms with E-state index >= 15 is 0 Å². The molecule has 0 saturated heterocycles. The van der Waals surface area contributed by atoms with E-state index in [2.05, 4.69) is 6.58 Å². The van der Waals surface area contributed by atoms with Gasteiger partial charge in [0.1, 0.15) is 0 Å². The third kappa shape index (κ3) is 1.32. The highest BCUT2D eigenvalue weighted by Gasteiger charge is 2.29. The van der Waals surface area contributed by atoms with Crippen molar-refractivity contribution in [2.45, 2.75) is 25.0 Å². The highest BCUT2D eigenvalue weighted by molar-refractivity contribution is 4.91. The van der Waals surface area contributed by atoms with Gasteiger partial charge >= 0.3 is 0 Å². The van der Waals surface area contributed by atoms with Crippen molar-refractivity contribution < 1.29 is 10.2 Å². The molecule has 0 aliphatic heterocycles. The summed E-state index contributed by atoms with van der Waals surface area (Å²) in [5.41, 5.74) is 0. The van der Waals surface area contributed by atoms with Crippen molar-refractivity contribution in [3.05, 3.63) is 12.7 Å². The molecule has 2 heteroatoms. The van der Waals surface area contributed by atoms with Gasteiger partial charge in [-0.1, -0.05) is 6.08 Å². The first-order valence-electron chi connectivity index (χ1n) is 3.22. The molecule has 1 fully saturated rings. The molecule has 0 aromatic heterocycles. The van der Waals surface area contributed by atoms with E-state index in [1.807, 2.05) is 0 Å². The molecule has 1 saturated carbocycles. The highest BCUT2D eigenvalue weighted by atomic mass is 16.3. The lowest BCUT2D eigenvalue weighted by Gasteiger charge is -2.03. The summed E-state index contributed by atoms with van der Waals surface area (Å²) in [6.07, 6.45) is 2.09. The van der Waals surface area contributed by atoms with Gasteiger partial charge in [-0.2, -0.15) is 0 Å². The minimum atomic E-state index is -0.520. The first kappa shape index (κ1) is 6.78. The van der Waals surface area contributed by atoms with Gasteiger partial charge in [0.15, 0.2) is 0 Å². The lowest BCUT2D eigenvalue weighted by atomic mass is 10.1. The lowest BCUT2D eigenvalue weighted by Crippen LogP contribution is -2.17. The van der Waals surface area contributed by atoms with Crippen LogP contribution in [0.3, 0.4) is 0 Å². The van der Waals surface area contributed by atoms with Crippen LogP contribution in [-0.4, -0.2) is 22.4 Å². The summed E-state index contributed by atoms with van der Waals surface area (Å²) < 4.78 is 0. The minimum Gasteiger partial charge on any atom is -0.390 e. The van der Waals surface area contributed by atoms with Gasteiger partial charge in [-0.25, -0.2) is 0 Å². The number of hydrogen-bond donors (Lipinski definition) is 2. The molecule has 1 rings (SSSR count). The first-order valence-corrected chi connectivity index (χ1v) is 3.22. The van der Waals surface area contributed by atoms with E-state index in [4.69, 9.17) is 10.2 Å². The molecule has 0 aromatic rings. The Labute approximate surface area is 54.8 Å². The van der Waals surface area contributed by atoms with Gasteiger partial charge < -0.3 is 10.2 Å². The van der Waals surface area contributed by atoms with Gasteiger partial charge in [-0.15, -0.1) is 6.58 Å². The second-order valence-corrected chi connectivity index (χ2v) is 2.60. The molecule has 2 nitrogen and oxygen atoms in total. The van der Waals surface area contributed by atoms with Crippen molar-refractivity contribution >= 4 is 0 Å². The Kier molecular flexibility index (Phi) is 1.88. The van der Waals surface area contributed by atoms with Crippen LogP contribution in [0.25, 0.3) is 0 Å². The quantitative estimate of drug-likeness (QED) is 0.499. The molecule has 0 radical (unpaired) electrons. The molecule has 0 aromatic carbocycles. The van der Waals surface area contributed by atoms with E-state index in [0.717, 1.165) is 0 Å². The zero-order valence-corrected chi connectivity index (χ0v) is 5.33. The van der Waals surface area contributed by atoms with Crippen molar-refractivity contribution in [2.24, 2.45) is 5.92 Å². The Hall–Kier alpha value is -0.340. The number of allylic oxidation sites excluding steroid dienone is 1. The zero-order valence-electron chi connectivity index (χ0n) is 5.33. The topological polar surface area (TPSA) is 40.5 Å². The SMILES string of the molecule is C=CC1CC(O)C(O)C1. The van der Waals surface area contributed by atoms with Crippen LogP contribution in [0.5, 0.6) is 0 Å². The summed E-state index contributed by atoms with van der Waals surface area (Å²) in [5, 5.41) is 18.0. The predicted octanol–water partition coefficient (Wildman–Crippen LogP) is 0.304. The Morgan fingerprint density at radius 3 is 1.89 bits per heavy atom. The standard InChI is InChI=1S/C7H12O2/c1-2-5-3-6(8)7(9)4-5/h2,5-9H,1,3-4H2.